The van der Waals surface area contributed by atoms with Crippen LogP contribution >= 0.6 is 0 Å². The second-order valence-electron chi connectivity index (χ2n) is 3.85. The number of carbonyl (C=O) groups is 1. The van der Waals surface area contributed by atoms with Gasteiger partial charge in [0.05, 0.1) is 23.9 Å². The predicted octanol–water partition coefficient (Wildman–Crippen LogP) is 1.64. The minimum atomic E-state index is -0.669. The summed E-state index contributed by atoms with van der Waals surface area (Å²) in [5, 5.41) is 8.69. The van der Waals surface area contributed by atoms with E-state index in [1.54, 1.807) is 6.92 Å². The molecule has 0 aliphatic carbocycles. The average Bonchev–Trinajstić information content (AvgIpc) is 2.80. The lowest BCUT2D eigenvalue weighted by molar-refractivity contribution is 0.0521. The zero-order valence-electron chi connectivity index (χ0n) is 10.6. The smallest absolute Gasteiger partial charge is 0.360 e. The molecule has 1 aromatic heterocycles. The van der Waals surface area contributed by atoms with Crippen LogP contribution in [0.1, 0.15) is 23.0 Å². The minimum Gasteiger partial charge on any atom is -0.461 e. The monoisotopic (exact) mass is 274 g/mol. The molecular weight excluding hydrogens is 263 g/mol. The van der Waals surface area contributed by atoms with Gasteiger partial charge < -0.3 is 10.5 Å². The van der Waals surface area contributed by atoms with Gasteiger partial charge in [-0.15, -0.1) is 0 Å². The molecule has 7 heteroatoms. The highest BCUT2D eigenvalue weighted by Crippen LogP contribution is 2.21. The number of anilines is 1. The number of hydrogen-bond acceptors (Lipinski definition) is 5. The first-order valence-corrected chi connectivity index (χ1v) is 5.78. The van der Waals surface area contributed by atoms with Gasteiger partial charge in [0.15, 0.2) is 5.69 Å². The first kappa shape index (κ1) is 13.5. The summed E-state index contributed by atoms with van der Waals surface area (Å²) in [4.78, 5) is 15.4. The van der Waals surface area contributed by atoms with E-state index in [0.29, 0.717) is 0 Å². The van der Waals surface area contributed by atoms with E-state index in [1.165, 1.54) is 23.0 Å². The maximum Gasteiger partial charge on any atom is 0.360 e. The molecule has 0 fully saturated rings. The molecule has 0 amide bonds. The van der Waals surface area contributed by atoms with Gasteiger partial charge in [-0.1, -0.05) is 0 Å². The molecule has 1 heterocycles. The summed E-state index contributed by atoms with van der Waals surface area (Å²) in [7, 11) is 0. The van der Waals surface area contributed by atoms with Crippen LogP contribution in [0.5, 0.6) is 0 Å². The van der Waals surface area contributed by atoms with Crippen molar-refractivity contribution >= 4 is 11.8 Å². The number of benzene rings is 1. The number of hydrogen-bond donors (Lipinski definition) is 1. The molecule has 0 bridgehead atoms. The topological polar surface area (TPSA) is 93.9 Å². The van der Waals surface area contributed by atoms with Crippen molar-refractivity contribution in [3.05, 3.63) is 41.6 Å². The van der Waals surface area contributed by atoms with Crippen LogP contribution in [-0.4, -0.2) is 22.1 Å². The van der Waals surface area contributed by atoms with Crippen LogP contribution in [0.15, 0.2) is 24.5 Å². The third-order valence-electron chi connectivity index (χ3n) is 2.61. The third-order valence-corrected chi connectivity index (χ3v) is 2.61. The Balaban J connectivity index is 2.45. The predicted molar refractivity (Wildman–Crippen MR) is 68.6 cm³/mol. The fraction of sp³-hybridized carbons (Fsp3) is 0.154. The lowest BCUT2D eigenvalue weighted by Gasteiger charge is -2.07. The van der Waals surface area contributed by atoms with Crippen LogP contribution in [0.3, 0.4) is 0 Å². The number of carbonyl (C=O) groups excluding carboxylic acids is 1. The molecule has 0 aliphatic rings. The van der Waals surface area contributed by atoms with Gasteiger partial charge in [0.25, 0.3) is 0 Å². The van der Waals surface area contributed by atoms with Gasteiger partial charge in [0, 0.05) is 0 Å². The number of ether oxygens (including phenoxy) is 1. The molecule has 102 valence electrons. The molecule has 0 atom stereocenters. The average molecular weight is 274 g/mol. The molecule has 1 aromatic carbocycles. The largest absolute Gasteiger partial charge is 0.461 e. The molecule has 0 spiro atoms. The van der Waals surface area contributed by atoms with E-state index < -0.39 is 11.8 Å². The lowest BCUT2D eigenvalue weighted by atomic mass is 10.2. The maximum atomic E-state index is 13.9. The normalized spacial score (nSPS) is 10.1. The number of halogens is 1. The second kappa shape index (κ2) is 5.40. The summed E-state index contributed by atoms with van der Waals surface area (Å²) in [5.74, 6) is -1.33. The number of imidazole rings is 1. The van der Waals surface area contributed by atoms with Crippen molar-refractivity contribution in [3.63, 3.8) is 0 Å². The van der Waals surface area contributed by atoms with Gasteiger partial charge in [0.2, 0.25) is 0 Å². The van der Waals surface area contributed by atoms with Crippen LogP contribution < -0.4 is 5.73 Å². The van der Waals surface area contributed by atoms with Crippen LogP contribution in [-0.2, 0) is 4.74 Å². The first-order chi connectivity index (χ1) is 9.58. The molecule has 0 saturated carbocycles. The van der Waals surface area contributed by atoms with Gasteiger partial charge in [-0.25, -0.2) is 14.2 Å². The summed E-state index contributed by atoms with van der Waals surface area (Å²) in [5.41, 5.74) is 5.99. The maximum absolute atomic E-state index is 13.9. The van der Waals surface area contributed by atoms with Crippen LogP contribution in [0.25, 0.3) is 5.69 Å². The van der Waals surface area contributed by atoms with Crippen molar-refractivity contribution in [1.29, 1.82) is 5.26 Å². The molecule has 0 aliphatic heterocycles. The Bertz CT molecular complexity index is 703. The number of nitrogens with zero attached hydrogens (tertiary/aromatic N) is 3. The van der Waals surface area contributed by atoms with E-state index in [0.717, 1.165) is 6.07 Å². The number of nitrogen functional groups attached to an aromatic ring is 1. The zero-order chi connectivity index (χ0) is 14.7. The number of rotatable bonds is 3. The third kappa shape index (κ3) is 2.31. The number of esters is 1. The Hall–Kier alpha value is -2.88. The molecule has 2 N–H and O–H groups in total. The van der Waals surface area contributed by atoms with E-state index >= 15 is 0 Å². The molecular formula is C13H11FN4O2. The van der Waals surface area contributed by atoms with E-state index in [9.17, 15) is 9.18 Å². The highest BCUT2D eigenvalue weighted by Gasteiger charge is 2.19. The summed E-state index contributed by atoms with van der Waals surface area (Å²) in [6.07, 6.45) is 1.23. The van der Waals surface area contributed by atoms with Gasteiger partial charge in [0.1, 0.15) is 18.0 Å². The van der Waals surface area contributed by atoms with Gasteiger partial charge >= 0.3 is 5.97 Å². The van der Waals surface area contributed by atoms with Gasteiger partial charge in [-0.2, -0.15) is 5.26 Å². The molecule has 0 saturated heterocycles. The van der Waals surface area contributed by atoms with Crippen molar-refractivity contribution < 1.29 is 13.9 Å². The standard InChI is InChI=1S/C13H11FN4O2/c1-2-20-13(19)11-12(16)18(7-17-11)10-4-3-8(6-15)5-9(10)14/h3-5,7H,2,16H2,1H3. The van der Waals surface area contributed by atoms with Crippen LogP contribution in [0.2, 0.25) is 0 Å². The highest BCUT2D eigenvalue weighted by atomic mass is 19.1. The van der Waals surface area contributed by atoms with E-state index in [-0.39, 0.29) is 29.4 Å². The van der Waals surface area contributed by atoms with Gasteiger partial charge in [-0.05, 0) is 25.1 Å². The number of aromatic nitrogens is 2. The SMILES string of the molecule is CCOC(=O)c1ncn(-c2ccc(C#N)cc2F)c1N. The highest BCUT2D eigenvalue weighted by molar-refractivity contribution is 5.92. The van der Waals surface area contributed by atoms with Gasteiger partial charge in [-0.3, -0.25) is 4.57 Å². The van der Waals surface area contributed by atoms with Crippen molar-refractivity contribution in [2.24, 2.45) is 0 Å². The summed E-state index contributed by atoms with van der Waals surface area (Å²) in [6.45, 7) is 1.85. The molecule has 20 heavy (non-hydrogen) atoms. The Kier molecular flexibility index (Phi) is 3.66. The number of nitrogens with two attached hydrogens (primary N) is 1. The van der Waals surface area contributed by atoms with E-state index in [1.807, 2.05) is 6.07 Å². The Morgan fingerprint density at radius 2 is 2.35 bits per heavy atom. The summed E-state index contributed by atoms with van der Waals surface area (Å²) >= 11 is 0. The lowest BCUT2D eigenvalue weighted by Crippen LogP contribution is -2.10. The number of nitriles is 1. The fourth-order valence-corrected chi connectivity index (χ4v) is 1.68. The first-order valence-electron chi connectivity index (χ1n) is 5.78. The quantitative estimate of drug-likeness (QED) is 0.859. The van der Waals surface area contributed by atoms with Crippen LogP contribution in [0, 0.1) is 17.1 Å². The fourth-order valence-electron chi connectivity index (χ4n) is 1.68. The Labute approximate surface area is 114 Å². The molecule has 0 radical (unpaired) electrons. The summed E-state index contributed by atoms with van der Waals surface area (Å²) in [6, 6.07) is 5.75. The molecule has 2 aromatic rings. The van der Waals surface area contributed by atoms with E-state index in [2.05, 4.69) is 4.98 Å². The Morgan fingerprint density at radius 3 is 2.95 bits per heavy atom. The zero-order valence-corrected chi connectivity index (χ0v) is 10.6. The molecule has 2 rings (SSSR count). The molecule has 6 nitrogen and oxygen atoms in total. The van der Waals surface area contributed by atoms with Crippen molar-refractivity contribution in [1.82, 2.24) is 9.55 Å². The molecule has 0 unspecified atom stereocenters. The van der Waals surface area contributed by atoms with Crippen molar-refractivity contribution in [2.75, 3.05) is 12.3 Å². The van der Waals surface area contributed by atoms with E-state index in [4.69, 9.17) is 15.7 Å². The summed E-state index contributed by atoms with van der Waals surface area (Å²) < 4.78 is 19.9. The Morgan fingerprint density at radius 1 is 1.60 bits per heavy atom. The minimum absolute atomic E-state index is 0.0212. The van der Waals surface area contributed by atoms with Crippen molar-refractivity contribution in [2.45, 2.75) is 6.92 Å². The van der Waals surface area contributed by atoms with Crippen LogP contribution in [0.4, 0.5) is 10.2 Å². The second-order valence-corrected chi connectivity index (χ2v) is 3.85. The van der Waals surface area contributed by atoms with Crippen molar-refractivity contribution in [3.8, 4) is 11.8 Å².